The highest BCUT2D eigenvalue weighted by Crippen LogP contribution is 2.14. The zero-order valence-corrected chi connectivity index (χ0v) is 18.6. The summed E-state index contributed by atoms with van der Waals surface area (Å²) in [7, 11) is 0. The van der Waals surface area contributed by atoms with Gasteiger partial charge in [-0.3, -0.25) is 9.69 Å². The molecule has 2 heterocycles. The summed E-state index contributed by atoms with van der Waals surface area (Å²) in [6.45, 7) is 5.52. The van der Waals surface area contributed by atoms with Crippen molar-refractivity contribution in [1.82, 2.24) is 15.2 Å². The number of amides is 1. The van der Waals surface area contributed by atoms with Crippen molar-refractivity contribution in [2.24, 2.45) is 0 Å². The quantitative estimate of drug-likeness (QED) is 0.244. The first-order chi connectivity index (χ1) is 16.1. The van der Waals surface area contributed by atoms with Gasteiger partial charge in [-0.15, -0.1) is 0 Å². The standard InChI is InChI=1S/C25H29FN4O3/c26-24-6-3-5-22(29-24)18-21(19-27)25(31)28-11-2-1-4-20-7-9-23(10-8-20)33-17-14-30-12-15-32-16-13-30/h3,5-10,18H,1-2,4,11-17H2,(H,28,31)/b21-18+. The summed E-state index contributed by atoms with van der Waals surface area (Å²) in [5, 5.41) is 11.9. The van der Waals surface area contributed by atoms with Gasteiger partial charge in [-0.2, -0.15) is 9.65 Å². The summed E-state index contributed by atoms with van der Waals surface area (Å²) in [4.78, 5) is 18.2. The zero-order valence-electron chi connectivity index (χ0n) is 18.6. The molecule has 1 saturated heterocycles. The maximum Gasteiger partial charge on any atom is 0.262 e. The summed E-state index contributed by atoms with van der Waals surface area (Å²) < 4.78 is 24.3. The highest BCUT2D eigenvalue weighted by Gasteiger charge is 2.10. The topological polar surface area (TPSA) is 87.5 Å². The van der Waals surface area contributed by atoms with Crippen molar-refractivity contribution in [2.75, 3.05) is 46.0 Å². The number of aromatic nitrogens is 1. The van der Waals surface area contributed by atoms with Crippen LogP contribution in [0, 0.1) is 17.3 Å². The molecule has 0 spiro atoms. The molecule has 1 aromatic heterocycles. The first-order valence-electron chi connectivity index (χ1n) is 11.2. The Bertz CT molecular complexity index is 966. The summed E-state index contributed by atoms with van der Waals surface area (Å²) >= 11 is 0. The molecule has 1 aliphatic heterocycles. The number of ether oxygens (including phenoxy) is 2. The van der Waals surface area contributed by atoms with Gasteiger partial charge in [0.1, 0.15) is 24.0 Å². The molecule has 3 rings (SSSR count). The number of carbonyl (C=O) groups is 1. The number of nitrogens with zero attached hydrogens (tertiary/aromatic N) is 3. The van der Waals surface area contributed by atoms with Crippen LogP contribution in [0.1, 0.15) is 24.1 Å². The van der Waals surface area contributed by atoms with E-state index in [1.54, 1.807) is 0 Å². The van der Waals surface area contributed by atoms with Crippen LogP contribution < -0.4 is 10.1 Å². The lowest BCUT2D eigenvalue weighted by molar-refractivity contribution is -0.117. The fraction of sp³-hybridized carbons (Fsp3) is 0.400. The van der Waals surface area contributed by atoms with Gasteiger partial charge in [-0.05, 0) is 55.2 Å². The smallest absolute Gasteiger partial charge is 0.262 e. The van der Waals surface area contributed by atoms with Gasteiger partial charge in [0, 0.05) is 26.2 Å². The van der Waals surface area contributed by atoms with Gasteiger partial charge in [0.2, 0.25) is 5.95 Å². The molecule has 0 saturated carbocycles. The van der Waals surface area contributed by atoms with Crippen molar-refractivity contribution in [1.29, 1.82) is 5.26 Å². The Labute approximate surface area is 193 Å². The van der Waals surface area contributed by atoms with Crippen LogP contribution in [-0.2, 0) is 16.0 Å². The highest BCUT2D eigenvalue weighted by molar-refractivity contribution is 6.01. The predicted molar refractivity (Wildman–Crippen MR) is 123 cm³/mol. The van der Waals surface area contributed by atoms with Crippen LogP contribution in [0.4, 0.5) is 4.39 Å². The van der Waals surface area contributed by atoms with Crippen molar-refractivity contribution >= 4 is 12.0 Å². The molecular formula is C25H29FN4O3. The second-order valence-electron chi connectivity index (χ2n) is 7.71. The number of benzene rings is 1. The first-order valence-corrected chi connectivity index (χ1v) is 11.2. The lowest BCUT2D eigenvalue weighted by Crippen LogP contribution is -2.38. The lowest BCUT2D eigenvalue weighted by atomic mass is 10.1. The van der Waals surface area contributed by atoms with Crippen LogP contribution in [0.2, 0.25) is 0 Å². The fourth-order valence-electron chi connectivity index (χ4n) is 3.42. The summed E-state index contributed by atoms with van der Waals surface area (Å²) in [5.41, 5.74) is 1.34. The van der Waals surface area contributed by atoms with Crippen LogP contribution in [0.3, 0.4) is 0 Å². The fourth-order valence-corrected chi connectivity index (χ4v) is 3.42. The van der Waals surface area contributed by atoms with E-state index in [-0.39, 0.29) is 11.3 Å². The second kappa shape index (κ2) is 13.3. The van der Waals surface area contributed by atoms with Crippen molar-refractivity contribution < 1.29 is 18.7 Å². The van der Waals surface area contributed by atoms with E-state index in [1.807, 2.05) is 18.2 Å². The number of hydrogen-bond acceptors (Lipinski definition) is 6. The van der Waals surface area contributed by atoms with E-state index in [4.69, 9.17) is 9.47 Å². The number of unbranched alkanes of at least 4 members (excludes halogenated alkanes) is 1. The molecule has 1 aliphatic rings. The third-order valence-corrected chi connectivity index (χ3v) is 5.28. The van der Waals surface area contributed by atoms with E-state index in [9.17, 15) is 14.4 Å². The molecule has 0 aliphatic carbocycles. The third kappa shape index (κ3) is 8.64. The van der Waals surface area contributed by atoms with Gasteiger partial charge in [-0.25, -0.2) is 4.98 Å². The van der Waals surface area contributed by atoms with Crippen LogP contribution in [-0.4, -0.2) is 61.8 Å². The van der Waals surface area contributed by atoms with Crippen molar-refractivity contribution in [3.8, 4) is 11.8 Å². The Balaban J connectivity index is 1.32. The van der Waals surface area contributed by atoms with E-state index >= 15 is 0 Å². The van der Waals surface area contributed by atoms with E-state index in [1.165, 1.54) is 29.8 Å². The molecule has 8 heteroatoms. The van der Waals surface area contributed by atoms with Gasteiger partial charge in [0.05, 0.1) is 18.9 Å². The van der Waals surface area contributed by atoms with Crippen LogP contribution in [0.15, 0.2) is 48.0 Å². The normalized spacial score (nSPS) is 14.5. The number of halogens is 1. The minimum atomic E-state index is -0.658. The van der Waals surface area contributed by atoms with E-state index < -0.39 is 11.9 Å². The number of nitriles is 1. The molecule has 1 N–H and O–H groups in total. The average molecular weight is 453 g/mol. The van der Waals surface area contributed by atoms with Crippen LogP contribution in [0.25, 0.3) is 6.08 Å². The molecule has 0 radical (unpaired) electrons. The second-order valence-corrected chi connectivity index (χ2v) is 7.71. The molecule has 7 nitrogen and oxygen atoms in total. The number of rotatable bonds is 11. The molecule has 174 valence electrons. The molecule has 1 amide bonds. The Kier molecular flexibility index (Phi) is 9.83. The largest absolute Gasteiger partial charge is 0.492 e. The maximum atomic E-state index is 13.2. The molecule has 33 heavy (non-hydrogen) atoms. The Morgan fingerprint density at radius 2 is 2.00 bits per heavy atom. The maximum absolute atomic E-state index is 13.2. The van der Waals surface area contributed by atoms with E-state index in [2.05, 4.69) is 27.3 Å². The van der Waals surface area contributed by atoms with E-state index in [0.717, 1.165) is 57.9 Å². The van der Waals surface area contributed by atoms with Gasteiger partial charge in [0.25, 0.3) is 5.91 Å². The number of nitrogens with one attached hydrogen (secondary N) is 1. The number of carbonyl (C=O) groups excluding carboxylic acids is 1. The Morgan fingerprint density at radius 3 is 2.73 bits per heavy atom. The van der Waals surface area contributed by atoms with Crippen LogP contribution in [0.5, 0.6) is 5.75 Å². The Hall–Kier alpha value is -3.28. The minimum Gasteiger partial charge on any atom is -0.492 e. The molecule has 0 atom stereocenters. The Morgan fingerprint density at radius 1 is 1.21 bits per heavy atom. The zero-order chi connectivity index (χ0) is 23.3. The lowest BCUT2D eigenvalue weighted by Gasteiger charge is -2.26. The highest BCUT2D eigenvalue weighted by atomic mass is 19.1. The van der Waals surface area contributed by atoms with Crippen LogP contribution >= 0.6 is 0 Å². The minimum absolute atomic E-state index is 0.0997. The summed E-state index contributed by atoms with van der Waals surface area (Å²) in [5.74, 6) is -0.279. The summed E-state index contributed by atoms with van der Waals surface area (Å²) in [6.07, 6.45) is 3.84. The first kappa shape index (κ1) is 24.4. The average Bonchev–Trinajstić information content (AvgIpc) is 2.84. The molecule has 0 bridgehead atoms. The van der Waals surface area contributed by atoms with Gasteiger partial charge in [0.15, 0.2) is 0 Å². The van der Waals surface area contributed by atoms with Crippen molar-refractivity contribution in [3.63, 3.8) is 0 Å². The number of aryl methyl sites for hydroxylation is 1. The predicted octanol–water partition coefficient (Wildman–Crippen LogP) is 2.98. The van der Waals surface area contributed by atoms with Crippen molar-refractivity contribution in [3.05, 3.63) is 65.2 Å². The number of pyridine rings is 1. The van der Waals surface area contributed by atoms with Crippen molar-refractivity contribution in [2.45, 2.75) is 19.3 Å². The molecule has 1 fully saturated rings. The molecular weight excluding hydrogens is 423 g/mol. The van der Waals surface area contributed by atoms with Gasteiger partial charge in [-0.1, -0.05) is 18.2 Å². The van der Waals surface area contributed by atoms with Gasteiger partial charge >= 0.3 is 0 Å². The van der Waals surface area contributed by atoms with E-state index in [0.29, 0.717) is 13.2 Å². The SMILES string of the molecule is N#C/C(=C\c1cccc(F)n1)C(=O)NCCCCc1ccc(OCCN2CCOCC2)cc1. The summed E-state index contributed by atoms with van der Waals surface area (Å²) in [6, 6.07) is 14.2. The monoisotopic (exact) mass is 452 g/mol. The molecule has 0 unspecified atom stereocenters. The number of morpholine rings is 1. The third-order valence-electron chi connectivity index (χ3n) is 5.28. The number of hydrogen-bond donors (Lipinski definition) is 1. The molecule has 1 aromatic carbocycles. The molecule has 2 aromatic rings. The van der Waals surface area contributed by atoms with Gasteiger partial charge < -0.3 is 14.8 Å².